The zero-order chi connectivity index (χ0) is 14.1. The lowest BCUT2D eigenvalue weighted by Gasteiger charge is -2.10. The summed E-state index contributed by atoms with van der Waals surface area (Å²) in [7, 11) is 1.81. The van der Waals surface area contributed by atoms with E-state index in [2.05, 4.69) is 15.1 Å². The fourth-order valence-corrected chi connectivity index (χ4v) is 2.29. The minimum atomic E-state index is 0.566. The van der Waals surface area contributed by atoms with Gasteiger partial charge in [-0.15, -0.1) is 0 Å². The number of aromatic nitrogens is 4. The zero-order valence-corrected chi connectivity index (χ0v) is 11.5. The molecule has 0 aliphatic heterocycles. The fraction of sp³-hybridized carbons (Fsp3) is 0.0714. The molecule has 0 fully saturated rings. The van der Waals surface area contributed by atoms with Gasteiger partial charge in [-0.3, -0.25) is 4.98 Å². The number of nitrogens with two attached hydrogens (primary N) is 1. The van der Waals surface area contributed by atoms with Crippen molar-refractivity contribution < 1.29 is 0 Å². The van der Waals surface area contributed by atoms with Crippen molar-refractivity contribution in [1.82, 2.24) is 19.7 Å². The Morgan fingerprint density at radius 2 is 2.00 bits per heavy atom. The van der Waals surface area contributed by atoms with E-state index in [0.29, 0.717) is 16.5 Å². The van der Waals surface area contributed by atoms with Gasteiger partial charge in [-0.05, 0) is 24.3 Å². The van der Waals surface area contributed by atoms with Gasteiger partial charge in [-0.1, -0.05) is 17.7 Å². The van der Waals surface area contributed by atoms with E-state index < -0.39 is 0 Å². The summed E-state index contributed by atoms with van der Waals surface area (Å²) in [5, 5.41) is 4.60. The first-order chi connectivity index (χ1) is 9.66. The Morgan fingerprint density at radius 1 is 1.15 bits per heavy atom. The van der Waals surface area contributed by atoms with E-state index in [0.717, 1.165) is 16.8 Å². The number of rotatable bonds is 2. The first kappa shape index (κ1) is 12.6. The van der Waals surface area contributed by atoms with E-state index in [9.17, 15) is 0 Å². The minimum absolute atomic E-state index is 0.566. The van der Waals surface area contributed by atoms with Gasteiger partial charge in [0.25, 0.3) is 0 Å². The van der Waals surface area contributed by atoms with Crippen LogP contribution in [0.1, 0.15) is 0 Å². The maximum absolute atomic E-state index is 6.35. The van der Waals surface area contributed by atoms with Crippen LogP contribution in [0, 0.1) is 0 Å². The molecule has 20 heavy (non-hydrogen) atoms. The van der Waals surface area contributed by atoms with E-state index in [1.165, 1.54) is 6.33 Å². The van der Waals surface area contributed by atoms with Gasteiger partial charge < -0.3 is 5.73 Å². The van der Waals surface area contributed by atoms with Gasteiger partial charge in [-0.25, -0.2) is 9.67 Å². The number of aryl methyl sites for hydroxylation is 1. The van der Waals surface area contributed by atoms with E-state index in [4.69, 9.17) is 17.3 Å². The Hall–Kier alpha value is -2.40. The number of hydrogen-bond donors (Lipinski definition) is 1. The summed E-state index contributed by atoms with van der Waals surface area (Å²) < 4.78 is 1.65. The van der Waals surface area contributed by atoms with Crippen molar-refractivity contribution in [1.29, 1.82) is 0 Å². The van der Waals surface area contributed by atoms with Crippen LogP contribution in [0.2, 0.25) is 5.02 Å². The molecule has 100 valence electrons. The van der Waals surface area contributed by atoms with Gasteiger partial charge in [0.05, 0.1) is 10.7 Å². The van der Waals surface area contributed by atoms with Gasteiger partial charge in [-0.2, -0.15) is 5.10 Å². The second-order valence-corrected chi connectivity index (χ2v) is 4.75. The molecule has 0 atom stereocenters. The molecule has 0 saturated heterocycles. The maximum atomic E-state index is 6.35. The number of anilines is 1. The molecule has 0 aliphatic rings. The summed E-state index contributed by atoms with van der Waals surface area (Å²) in [6.07, 6.45) is 3.20. The summed E-state index contributed by atoms with van der Waals surface area (Å²) in [5.41, 5.74) is 9.07. The van der Waals surface area contributed by atoms with Crippen LogP contribution < -0.4 is 5.73 Å². The van der Waals surface area contributed by atoms with Gasteiger partial charge in [0.2, 0.25) is 0 Å². The predicted octanol–water partition coefficient (Wildman–Crippen LogP) is 2.78. The van der Waals surface area contributed by atoms with E-state index in [1.807, 2.05) is 31.3 Å². The van der Waals surface area contributed by atoms with Crippen molar-refractivity contribution in [3.63, 3.8) is 0 Å². The lowest BCUT2D eigenvalue weighted by Crippen LogP contribution is -1.98. The molecule has 2 aromatic heterocycles. The first-order valence-corrected chi connectivity index (χ1v) is 6.39. The van der Waals surface area contributed by atoms with Crippen LogP contribution in [0.25, 0.3) is 22.6 Å². The number of pyridine rings is 1. The van der Waals surface area contributed by atoms with Crippen molar-refractivity contribution in [3.05, 3.63) is 47.9 Å². The second kappa shape index (κ2) is 4.94. The Morgan fingerprint density at radius 3 is 2.65 bits per heavy atom. The van der Waals surface area contributed by atoms with Crippen LogP contribution in [-0.2, 0) is 7.05 Å². The molecule has 0 amide bonds. The number of nitrogen functional groups attached to an aromatic ring is 1. The summed E-state index contributed by atoms with van der Waals surface area (Å²) in [6, 6.07) is 9.27. The van der Waals surface area contributed by atoms with Crippen molar-refractivity contribution in [2.24, 2.45) is 7.05 Å². The van der Waals surface area contributed by atoms with Gasteiger partial charge in [0.1, 0.15) is 6.33 Å². The molecule has 6 heteroatoms. The summed E-state index contributed by atoms with van der Waals surface area (Å²) in [4.78, 5) is 8.48. The van der Waals surface area contributed by atoms with Crippen LogP contribution >= 0.6 is 11.6 Å². The fourth-order valence-electron chi connectivity index (χ4n) is 2.05. The Labute approximate surface area is 121 Å². The highest BCUT2D eigenvalue weighted by Crippen LogP contribution is 2.34. The summed E-state index contributed by atoms with van der Waals surface area (Å²) in [6.45, 7) is 0. The molecule has 0 saturated carbocycles. The quantitative estimate of drug-likeness (QED) is 0.735. The van der Waals surface area contributed by atoms with Crippen LogP contribution in [0.5, 0.6) is 0 Å². The Balaban J connectivity index is 2.15. The monoisotopic (exact) mass is 285 g/mol. The zero-order valence-electron chi connectivity index (χ0n) is 10.8. The van der Waals surface area contributed by atoms with Crippen molar-refractivity contribution in [3.8, 4) is 22.6 Å². The normalized spacial score (nSPS) is 10.7. The molecule has 2 heterocycles. The topological polar surface area (TPSA) is 69.6 Å². The molecule has 0 unspecified atom stereocenters. The van der Waals surface area contributed by atoms with E-state index in [1.54, 1.807) is 16.9 Å². The highest BCUT2D eigenvalue weighted by Gasteiger charge is 2.13. The Bertz CT molecular complexity index is 752. The molecule has 0 radical (unpaired) electrons. The molecule has 0 aliphatic carbocycles. The molecule has 3 aromatic rings. The summed E-state index contributed by atoms with van der Waals surface area (Å²) >= 11 is 6.35. The van der Waals surface area contributed by atoms with Gasteiger partial charge in [0, 0.05) is 30.1 Å². The number of hydrogen-bond acceptors (Lipinski definition) is 4. The van der Waals surface area contributed by atoms with E-state index in [-0.39, 0.29) is 0 Å². The van der Waals surface area contributed by atoms with Gasteiger partial charge >= 0.3 is 0 Å². The van der Waals surface area contributed by atoms with Crippen LogP contribution in [0.3, 0.4) is 0 Å². The highest BCUT2D eigenvalue weighted by atomic mass is 35.5. The average molecular weight is 286 g/mol. The van der Waals surface area contributed by atoms with Crippen molar-refractivity contribution in [2.45, 2.75) is 0 Å². The third-order valence-corrected chi connectivity index (χ3v) is 3.35. The first-order valence-electron chi connectivity index (χ1n) is 6.01. The number of halogens is 1. The highest BCUT2D eigenvalue weighted by molar-refractivity contribution is 6.33. The van der Waals surface area contributed by atoms with Crippen molar-refractivity contribution >= 4 is 17.3 Å². The molecule has 0 spiro atoms. The number of nitrogens with zero attached hydrogens (tertiary/aromatic N) is 4. The molecule has 0 bridgehead atoms. The summed E-state index contributed by atoms with van der Waals surface area (Å²) in [5.74, 6) is 0.675. The SMILES string of the molecule is Cn1ncnc1-c1cc(N)c(-c2ccccn2)cc1Cl. The van der Waals surface area contributed by atoms with E-state index >= 15 is 0 Å². The minimum Gasteiger partial charge on any atom is -0.398 e. The Kier molecular flexibility index (Phi) is 3.12. The average Bonchev–Trinajstić information content (AvgIpc) is 2.88. The lowest BCUT2D eigenvalue weighted by atomic mass is 10.1. The molecule has 5 nitrogen and oxygen atoms in total. The van der Waals surface area contributed by atoms with Crippen LogP contribution in [0.4, 0.5) is 5.69 Å². The molecule has 1 aromatic carbocycles. The predicted molar refractivity (Wildman–Crippen MR) is 79.1 cm³/mol. The third kappa shape index (κ3) is 2.12. The largest absolute Gasteiger partial charge is 0.398 e. The van der Waals surface area contributed by atoms with Crippen LogP contribution in [0.15, 0.2) is 42.9 Å². The molecule has 2 N–H and O–H groups in total. The van der Waals surface area contributed by atoms with Crippen molar-refractivity contribution in [2.75, 3.05) is 5.73 Å². The second-order valence-electron chi connectivity index (χ2n) is 4.34. The standard InChI is InChI=1S/C14H12ClN5/c1-20-14(18-8-19-20)9-7-12(16)10(6-11(9)15)13-4-2-3-5-17-13/h2-8H,16H2,1H3. The number of benzene rings is 1. The smallest absolute Gasteiger partial charge is 0.159 e. The molecular formula is C14H12ClN5. The maximum Gasteiger partial charge on any atom is 0.159 e. The molecular weight excluding hydrogens is 274 g/mol. The van der Waals surface area contributed by atoms with Gasteiger partial charge in [0.15, 0.2) is 5.82 Å². The van der Waals surface area contributed by atoms with Crippen LogP contribution in [-0.4, -0.2) is 19.7 Å². The third-order valence-electron chi connectivity index (χ3n) is 3.03. The lowest BCUT2D eigenvalue weighted by molar-refractivity contribution is 0.774. The molecule has 3 rings (SSSR count).